The van der Waals surface area contributed by atoms with Crippen LogP contribution in [-0.4, -0.2) is 19.5 Å². The summed E-state index contributed by atoms with van der Waals surface area (Å²) < 4.78 is 1.82. The molecule has 0 bridgehead atoms. The smallest absolute Gasteiger partial charge is 0.269 e. The predicted octanol–water partition coefficient (Wildman–Crippen LogP) is 1.61. The fourth-order valence-electron chi connectivity index (χ4n) is 1.23. The maximum absolute atomic E-state index is 10.6. The molecule has 0 saturated carbocycles. The third-order valence-electron chi connectivity index (χ3n) is 1.93. The van der Waals surface area contributed by atoms with Gasteiger partial charge < -0.3 is 0 Å². The molecule has 72 valence electrons. The van der Waals surface area contributed by atoms with Crippen LogP contribution in [0.4, 0.5) is 5.69 Å². The highest BCUT2D eigenvalue weighted by Gasteiger charge is 2.12. The van der Waals surface area contributed by atoms with Gasteiger partial charge in [-0.25, -0.2) is 0 Å². The summed E-state index contributed by atoms with van der Waals surface area (Å²) >= 11 is 4.90. The molecule has 0 aliphatic carbocycles. The van der Waals surface area contributed by atoms with Crippen LogP contribution in [0.5, 0.6) is 0 Å². The lowest BCUT2D eigenvalue weighted by atomic mass is 10.2. The number of aromatic nitrogens is 3. The molecule has 0 fully saturated rings. The molecule has 2 rings (SSSR count). The standard InChI is InChI=1S/C7H6N4O2S/c1-4-2-6-8-9-7(14)10(6)3-5(4)11(12)13/h2-3H,1H3,(H,9,14). The van der Waals surface area contributed by atoms with Crippen LogP contribution >= 0.6 is 12.2 Å². The normalized spacial score (nSPS) is 10.6. The minimum Gasteiger partial charge on any atom is -0.269 e. The predicted molar refractivity (Wildman–Crippen MR) is 51.8 cm³/mol. The van der Waals surface area contributed by atoms with Gasteiger partial charge in [-0.2, -0.15) is 5.10 Å². The number of pyridine rings is 1. The first-order chi connectivity index (χ1) is 6.59. The first-order valence-corrected chi connectivity index (χ1v) is 4.22. The highest BCUT2D eigenvalue weighted by atomic mass is 32.1. The van der Waals surface area contributed by atoms with E-state index in [-0.39, 0.29) is 5.69 Å². The van der Waals surface area contributed by atoms with Gasteiger partial charge in [-0.3, -0.25) is 19.6 Å². The number of H-pyrrole nitrogens is 1. The first-order valence-electron chi connectivity index (χ1n) is 3.81. The molecule has 14 heavy (non-hydrogen) atoms. The average Bonchev–Trinajstić information content (AvgIpc) is 2.46. The Morgan fingerprint density at radius 2 is 2.43 bits per heavy atom. The Hall–Kier alpha value is -1.76. The van der Waals surface area contributed by atoms with E-state index in [0.29, 0.717) is 16.0 Å². The molecule has 0 amide bonds. The Morgan fingerprint density at radius 3 is 3.07 bits per heavy atom. The van der Waals surface area contributed by atoms with E-state index in [2.05, 4.69) is 10.2 Å². The van der Waals surface area contributed by atoms with Gasteiger partial charge in [0.2, 0.25) is 0 Å². The van der Waals surface area contributed by atoms with Crippen molar-refractivity contribution in [3.63, 3.8) is 0 Å². The van der Waals surface area contributed by atoms with Crippen molar-refractivity contribution in [3.05, 3.63) is 32.7 Å². The van der Waals surface area contributed by atoms with E-state index < -0.39 is 4.92 Å². The summed E-state index contributed by atoms with van der Waals surface area (Å²) in [4.78, 5) is 10.2. The highest BCUT2D eigenvalue weighted by Crippen LogP contribution is 2.18. The second kappa shape index (κ2) is 2.88. The SMILES string of the molecule is Cc1cc2n[nH]c(=S)n2cc1[N+](=O)[O-]. The molecule has 6 nitrogen and oxygen atoms in total. The van der Waals surface area contributed by atoms with E-state index in [4.69, 9.17) is 12.2 Å². The minimum absolute atomic E-state index is 0.0370. The van der Waals surface area contributed by atoms with Gasteiger partial charge in [0, 0.05) is 5.56 Å². The number of nitrogens with one attached hydrogen (secondary N) is 1. The molecular formula is C7H6N4O2S. The van der Waals surface area contributed by atoms with Crippen molar-refractivity contribution in [2.24, 2.45) is 0 Å². The van der Waals surface area contributed by atoms with Crippen LogP contribution in [-0.2, 0) is 0 Å². The van der Waals surface area contributed by atoms with Gasteiger partial charge in [0.05, 0.1) is 11.1 Å². The number of aromatic amines is 1. The average molecular weight is 210 g/mol. The molecule has 2 aromatic rings. The number of fused-ring (bicyclic) bond motifs is 1. The molecule has 0 spiro atoms. The molecule has 0 aliphatic rings. The fourth-order valence-corrected chi connectivity index (χ4v) is 1.42. The van der Waals surface area contributed by atoms with Crippen LogP contribution in [0.15, 0.2) is 12.3 Å². The van der Waals surface area contributed by atoms with Crippen LogP contribution in [0, 0.1) is 21.8 Å². The summed E-state index contributed by atoms with van der Waals surface area (Å²) in [5.74, 6) is 0. The number of rotatable bonds is 1. The highest BCUT2D eigenvalue weighted by molar-refractivity contribution is 7.71. The van der Waals surface area contributed by atoms with Crippen molar-refractivity contribution in [1.82, 2.24) is 14.6 Å². The van der Waals surface area contributed by atoms with Crippen molar-refractivity contribution in [3.8, 4) is 0 Å². The van der Waals surface area contributed by atoms with Crippen LogP contribution in [0.1, 0.15) is 5.56 Å². The molecule has 1 N–H and O–H groups in total. The zero-order valence-corrected chi connectivity index (χ0v) is 8.04. The van der Waals surface area contributed by atoms with Crippen LogP contribution < -0.4 is 0 Å². The molecule has 0 atom stereocenters. The Labute approximate surface area is 83.3 Å². The summed E-state index contributed by atoms with van der Waals surface area (Å²) in [7, 11) is 0. The van der Waals surface area contributed by atoms with Gasteiger partial charge in [-0.05, 0) is 25.2 Å². The largest absolute Gasteiger partial charge is 0.288 e. The molecule has 0 unspecified atom stereocenters. The van der Waals surface area contributed by atoms with E-state index in [1.807, 2.05) is 0 Å². The maximum atomic E-state index is 10.6. The van der Waals surface area contributed by atoms with Crippen molar-refractivity contribution in [2.45, 2.75) is 6.92 Å². The van der Waals surface area contributed by atoms with Gasteiger partial charge in [-0.1, -0.05) is 0 Å². The number of hydrogen-bond donors (Lipinski definition) is 1. The van der Waals surface area contributed by atoms with Gasteiger partial charge in [0.1, 0.15) is 0 Å². The summed E-state index contributed by atoms with van der Waals surface area (Å²) in [6.45, 7) is 1.66. The Bertz CT molecular complexity index is 571. The Morgan fingerprint density at radius 1 is 1.71 bits per heavy atom. The Kier molecular flexibility index (Phi) is 1.81. The topological polar surface area (TPSA) is 76.2 Å². The second-order valence-electron chi connectivity index (χ2n) is 2.86. The Balaban J connectivity index is 2.87. The van der Waals surface area contributed by atoms with Gasteiger partial charge >= 0.3 is 0 Å². The lowest BCUT2D eigenvalue weighted by Gasteiger charge is -1.97. The summed E-state index contributed by atoms with van der Waals surface area (Å²) in [6, 6.07) is 1.62. The minimum atomic E-state index is -0.441. The van der Waals surface area contributed by atoms with Crippen molar-refractivity contribution in [2.75, 3.05) is 0 Å². The molecule has 7 heteroatoms. The maximum Gasteiger partial charge on any atom is 0.288 e. The van der Waals surface area contributed by atoms with E-state index in [1.165, 1.54) is 10.6 Å². The summed E-state index contributed by atoms with van der Waals surface area (Å²) in [5.41, 5.74) is 1.18. The fraction of sp³-hybridized carbons (Fsp3) is 0.143. The van der Waals surface area contributed by atoms with Gasteiger partial charge in [0.25, 0.3) is 5.69 Å². The molecular weight excluding hydrogens is 204 g/mol. The summed E-state index contributed by atoms with van der Waals surface area (Å²) in [6.07, 6.45) is 1.37. The van der Waals surface area contributed by atoms with Crippen molar-refractivity contribution >= 4 is 23.6 Å². The molecule has 2 aromatic heterocycles. The quantitative estimate of drug-likeness (QED) is 0.440. The molecule has 2 heterocycles. The molecule has 0 aliphatic heterocycles. The zero-order valence-electron chi connectivity index (χ0n) is 7.22. The van der Waals surface area contributed by atoms with Crippen molar-refractivity contribution in [1.29, 1.82) is 0 Å². The van der Waals surface area contributed by atoms with E-state index in [0.717, 1.165) is 0 Å². The monoisotopic (exact) mass is 210 g/mol. The number of nitro groups is 1. The zero-order chi connectivity index (χ0) is 10.3. The van der Waals surface area contributed by atoms with E-state index in [9.17, 15) is 10.1 Å². The summed E-state index contributed by atoms with van der Waals surface area (Å²) in [5, 5.41) is 17.1. The number of nitrogens with zero attached hydrogens (tertiary/aromatic N) is 3. The van der Waals surface area contributed by atoms with Crippen LogP contribution in [0.3, 0.4) is 0 Å². The molecule has 0 saturated heterocycles. The number of hydrogen-bond acceptors (Lipinski definition) is 4. The van der Waals surface area contributed by atoms with E-state index in [1.54, 1.807) is 13.0 Å². The van der Waals surface area contributed by atoms with Crippen LogP contribution in [0.2, 0.25) is 0 Å². The first kappa shape index (κ1) is 8.82. The van der Waals surface area contributed by atoms with Crippen molar-refractivity contribution < 1.29 is 4.92 Å². The third-order valence-corrected chi connectivity index (χ3v) is 2.22. The third kappa shape index (κ3) is 1.18. The molecule has 0 radical (unpaired) electrons. The lowest BCUT2D eigenvalue weighted by Crippen LogP contribution is -1.95. The van der Waals surface area contributed by atoms with Gasteiger partial charge in [-0.15, -0.1) is 0 Å². The van der Waals surface area contributed by atoms with Gasteiger partial charge in [0.15, 0.2) is 10.4 Å². The van der Waals surface area contributed by atoms with Crippen LogP contribution in [0.25, 0.3) is 5.65 Å². The van der Waals surface area contributed by atoms with E-state index >= 15 is 0 Å². The lowest BCUT2D eigenvalue weighted by molar-refractivity contribution is -0.385. The number of aryl methyl sites for hydroxylation is 1. The second-order valence-corrected chi connectivity index (χ2v) is 3.24. The molecule has 0 aromatic carbocycles.